The number of nitrogens with zero attached hydrogens (tertiary/aromatic N) is 3. The third kappa shape index (κ3) is 8.04. The Labute approximate surface area is 229 Å². The van der Waals surface area contributed by atoms with Crippen LogP contribution in [0.3, 0.4) is 0 Å². The van der Waals surface area contributed by atoms with Gasteiger partial charge >= 0.3 is 5.97 Å². The zero-order valence-electron chi connectivity index (χ0n) is 24.7. The number of carboxylic acids is 1. The van der Waals surface area contributed by atoms with Crippen molar-refractivity contribution in [3.05, 3.63) is 11.6 Å². The van der Waals surface area contributed by atoms with E-state index in [1.807, 2.05) is 33.8 Å². The minimum atomic E-state index is -0.809. The fraction of sp³-hybridized carbons (Fsp3) is 0.793. The highest BCUT2D eigenvalue weighted by atomic mass is 16.4. The van der Waals surface area contributed by atoms with Crippen molar-refractivity contribution < 1.29 is 24.3 Å². The molecule has 2 saturated heterocycles. The number of carbonyl (C=O) groups excluding carboxylic acids is 3. The van der Waals surface area contributed by atoms with Gasteiger partial charge < -0.3 is 20.2 Å². The molecule has 2 fully saturated rings. The standard InChI is InChI=1S/C29H50N4O5/c1-18(2)24(17-21(7)27(35)32-15-12-22(13-16-32)29(37)38)31(8)28(36)25(19(3)4)30-26(34)23-11-9-10-14-33(23)20(5)6/h17-20,22-25H,9-16H2,1-8H3,(H,30,34)(H,37,38)/b21-17+/t23?,24-,25+/m1/s1. The molecule has 0 bridgehead atoms. The SMILES string of the molecule is C/C(=C\[C@H](C(C)C)N(C)C(=O)[C@@H](NC(=O)C1CCCCN1C(C)C)C(C)C)C(=O)N1CCC(C(=O)O)CC1. The number of piperidine rings is 2. The lowest BCUT2D eigenvalue weighted by Gasteiger charge is -2.39. The van der Waals surface area contributed by atoms with Gasteiger partial charge in [-0.05, 0) is 64.8 Å². The van der Waals surface area contributed by atoms with Gasteiger partial charge in [0.15, 0.2) is 0 Å². The lowest BCUT2D eigenvalue weighted by atomic mass is 9.94. The molecule has 216 valence electrons. The van der Waals surface area contributed by atoms with Crippen molar-refractivity contribution in [1.29, 1.82) is 0 Å². The maximum atomic E-state index is 13.7. The lowest BCUT2D eigenvalue weighted by molar-refractivity contribution is -0.145. The topological polar surface area (TPSA) is 110 Å². The minimum Gasteiger partial charge on any atom is -0.481 e. The second kappa shape index (κ2) is 14.1. The average molecular weight is 535 g/mol. The molecule has 0 aliphatic carbocycles. The second-order valence-corrected chi connectivity index (χ2v) is 12.0. The number of hydrogen-bond donors (Lipinski definition) is 2. The zero-order valence-corrected chi connectivity index (χ0v) is 24.7. The fourth-order valence-electron chi connectivity index (χ4n) is 5.64. The number of carbonyl (C=O) groups is 4. The van der Waals surface area contributed by atoms with Crippen LogP contribution < -0.4 is 5.32 Å². The number of aliphatic carboxylic acids is 1. The van der Waals surface area contributed by atoms with Crippen molar-refractivity contribution in [2.45, 2.75) is 105 Å². The van der Waals surface area contributed by atoms with E-state index in [1.165, 1.54) is 0 Å². The Morgan fingerprint density at radius 2 is 1.53 bits per heavy atom. The van der Waals surface area contributed by atoms with Crippen molar-refractivity contribution in [3.63, 3.8) is 0 Å². The molecule has 3 amide bonds. The maximum Gasteiger partial charge on any atom is 0.306 e. The van der Waals surface area contributed by atoms with E-state index in [1.54, 1.807) is 23.8 Å². The van der Waals surface area contributed by atoms with E-state index in [0.717, 1.165) is 25.8 Å². The summed E-state index contributed by atoms with van der Waals surface area (Å²) in [6.07, 6.45) is 5.62. The van der Waals surface area contributed by atoms with Gasteiger partial charge in [0.05, 0.1) is 18.0 Å². The van der Waals surface area contributed by atoms with Crippen LogP contribution in [0.5, 0.6) is 0 Å². The summed E-state index contributed by atoms with van der Waals surface area (Å²) >= 11 is 0. The van der Waals surface area contributed by atoms with E-state index >= 15 is 0 Å². The molecule has 2 N–H and O–H groups in total. The molecule has 9 heteroatoms. The van der Waals surface area contributed by atoms with Gasteiger partial charge in [0, 0.05) is 31.8 Å². The highest BCUT2D eigenvalue weighted by molar-refractivity contribution is 5.93. The third-order valence-electron chi connectivity index (χ3n) is 8.11. The highest BCUT2D eigenvalue weighted by Gasteiger charge is 2.36. The van der Waals surface area contributed by atoms with Crippen LogP contribution in [0, 0.1) is 17.8 Å². The third-order valence-corrected chi connectivity index (χ3v) is 8.11. The molecule has 1 unspecified atom stereocenters. The van der Waals surface area contributed by atoms with E-state index in [0.29, 0.717) is 31.5 Å². The summed E-state index contributed by atoms with van der Waals surface area (Å²) in [6.45, 7) is 15.6. The molecule has 0 aromatic heterocycles. The molecule has 0 aromatic rings. The van der Waals surface area contributed by atoms with E-state index in [-0.39, 0.29) is 47.7 Å². The van der Waals surface area contributed by atoms with Gasteiger partial charge in [-0.1, -0.05) is 40.2 Å². The first-order valence-electron chi connectivity index (χ1n) is 14.3. The number of nitrogens with one attached hydrogen (secondary N) is 1. The monoisotopic (exact) mass is 534 g/mol. The molecule has 2 rings (SSSR count). The van der Waals surface area contributed by atoms with Crippen molar-refractivity contribution in [3.8, 4) is 0 Å². The first-order chi connectivity index (χ1) is 17.8. The minimum absolute atomic E-state index is 0.0442. The summed E-state index contributed by atoms with van der Waals surface area (Å²) in [6, 6.07) is -0.964. The summed E-state index contributed by atoms with van der Waals surface area (Å²) in [5.41, 5.74) is 0.539. The number of carboxylic acid groups (broad SMARTS) is 1. The van der Waals surface area contributed by atoms with E-state index in [4.69, 9.17) is 0 Å². The summed E-state index contributed by atoms with van der Waals surface area (Å²) in [5.74, 6) is -1.65. The summed E-state index contributed by atoms with van der Waals surface area (Å²) in [7, 11) is 1.74. The van der Waals surface area contributed by atoms with Gasteiger partial charge in [-0.15, -0.1) is 0 Å². The molecule has 3 atom stereocenters. The summed E-state index contributed by atoms with van der Waals surface area (Å²) < 4.78 is 0. The van der Waals surface area contributed by atoms with Gasteiger partial charge in [-0.3, -0.25) is 24.1 Å². The molecular formula is C29H50N4O5. The van der Waals surface area contributed by atoms with Gasteiger partial charge in [0.1, 0.15) is 6.04 Å². The van der Waals surface area contributed by atoms with Crippen molar-refractivity contribution in [1.82, 2.24) is 20.0 Å². The van der Waals surface area contributed by atoms with Crippen molar-refractivity contribution >= 4 is 23.7 Å². The molecule has 2 aliphatic rings. The van der Waals surface area contributed by atoms with Crippen LogP contribution in [0.1, 0.15) is 80.6 Å². The molecule has 0 spiro atoms. The first-order valence-corrected chi connectivity index (χ1v) is 14.3. The molecule has 38 heavy (non-hydrogen) atoms. The van der Waals surface area contributed by atoms with Crippen LogP contribution in [0.25, 0.3) is 0 Å². The van der Waals surface area contributed by atoms with Crippen LogP contribution in [0.2, 0.25) is 0 Å². The number of amides is 3. The highest BCUT2D eigenvalue weighted by Crippen LogP contribution is 2.23. The Morgan fingerprint density at radius 3 is 2.03 bits per heavy atom. The first kappa shape index (κ1) is 31.8. The Hall–Kier alpha value is -2.42. The van der Waals surface area contributed by atoms with Crippen molar-refractivity contribution in [2.24, 2.45) is 17.8 Å². The van der Waals surface area contributed by atoms with Crippen LogP contribution in [-0.2, 0) is 19.2 Å². The molecule has 2 heterocycles. The number of likely N-dealkylation sites (tertiary alicyclic amines) is 2. The van der Waals surface area contributed by atoms with Gasteiger partial charge in [-0.25, -0.2) is 0 Å². The number of hydrogen-bond acceptors (Lipinski definition) is 5. The predicted octanol–water partition coefficient (Wildman–Crippen LogP) is 3.14. The van der Waals surface area contributed by atoms with Crippen LogP contribution in [0.15, 0.2) is 11.6 Å². The molecule has 0 saturated carbocycles. The predicted molar refractivity (Wildman–Crippen MR) is 148 cm³/mol. The van der Waals surface area contributed by atoms with Crippen molar-refractivity contribution in [2.75, 3.05) is 26.7 Å². The van der Waals surface area contributed by atoms with Crippen LogP contribution in [0.4, 0.5) is 0 Å². The number of likely N-dealkylation sites (N-methyl/N-ethyl adjacent to an activating group) is 1. The lowest BCUT2D eigenvalue weighted by Crippen LogP contribution is -2.58. The molecule has 0 radical (unpaired) electrons. The average Bonchev–Trinajstić information content (AvgIpc) is 2.88. The fourth-order valence-corrected chi connectivity index (χ4v) is 5.64. The normalized spacial score (nSPS) is 21.5. The number of rotatable bonds is 10. The van der Waals surface area contributed by atoms with Crippen LogP contribution >= 0.6 is 0 Å². The smallest absolute Gasteiger partial charge is 0.306 e. The Morgan fingerprint density at radius 1 is 0.921 bits per heavy atom. The quantitative estimate of drug-likeness (QED) is 0.417. The van der Waals surface area contributed by atoms with Gasteiger partial charge in [0.2, 0.25) is 17.7 Å². The molecule has 2 aliphatic heterocycles. The Balaban J connectivity index is 2.15. The summed E-state index contributed by atoms with van der Waals surface area (Å²) in [4.78, 5) is 57.0. The van der Waals surface area contributed by atoms with Gasteiger partial charge in [0.25, 0.3) is 0 Å². The maximum absolute atomic E-state index is 13.7. The largest absolute Gasteiger partial charge is 0.481 e. The Kier molecular flexibility index (Phi) is 11.8. The summed E-state index contributed by atoms with van der Waals surface area (Å²) in [5, 5.41) is 12.3. The molecule has 9 nitrogen and oxygen atoms in total. The molecular weight excluding hydrogens is 484 g/mol. The van der Waals surface area contributed by atoms with E-state index < -0.39 is 17.9 Å². The van der Waals surface area contributed by atoms with E-state index in [9.17, 15) is 24.3 Å². The van der Waals surface area contributed by atoms with Crippen LogP contribution in [-0.4, -0.2) is 94.3 Å². The molecule has 0 aromatic carbocycles. The second-order valence-electron chi connectivity index (χ2n) is 12.0. The van der Waals surface area contributed by atoms with E-state index in [2.05, 4.69) is 24.1 Å². The van der Waals surface area contributed by atoms with Gasteiger partial charge in [-0.2, -0.15) is 0 Å². The zero-order chi connectivity index (χ0) is 28.7. The Bertz CT molecular complexity index is 876.